The van der Waals surface area contributed by atoms with E-state index in [2.05, 4.69) is 4.74 Å². The Morgan fingerprint density at radius 2 is 2.15 bits per heavy atom. The van der Waals surface area contributed by atoms with Crippen LogP contribution in [0.4, 0.5) is 8.78 Å². The van der Waals surface area contributed by atoms with E-state index in [1.54, 1.807) is 18.0 Å². The number of aliphatic hydroxyl groups is 1. The van der Waals surface area contributed by atoms with Gasteiger partial charge in [-0.3, -0.25) is 4.79 Å². The van der Waals surface area contributed by atoms with Crippen molar-refractivity contribution < 1.29 is 23.4 Å². The van der Waals surface area contributed by atoms with Gasteiger partial charge in [0.05, 0.1) is 6.10 Å². The summed E-state index contributed by atoms with van der Waals surface area (Å²) in [5, 5.41) is 10.2. The maximum Gasteiger partial charge on any atom is 0.387 e. The van der Waals surface area contributed by atoms with E-state index < -0.39 is 12.7 Å². The fourth-order valence-electron chi connectivity index (χ4n) is 3.28. The van der Waals surface area contributed by atoms with Gasteiger partial charge in [-0.05, 0) is 25.0 Å². The van der Waals surface area contributed by atoms with Crippen LogP contribution in [0.1, 0.15) is 34.7 Å². The number of benzene rings is 1. The molecule has 1 aromatic rings. The van der Waals surface area contributed by atoms with Crippen LogP contribution in [-0.2, 0) is 0 Å². The number of nitrogens with zero attached hydrogens (tertiary/aromatic N) is 1. The van der Waals surface area contributed by atoms with Gasteiger partial charge in [0.15, 0.2) is 0 Å². The molecule has 0 saturated heterocycles. The van der Waals surface area contributed by atoms with Crippen molar-refractivity contribution in [3.05, 3.63) is 29.3 Å². The van der Waals surface area contributed by atoms with Crippen LogP contribution in [0.15, 0.2) is 18.2 Å². The molecular weight excluding hydrogens is 268 g/mol. The third kappa shape index (κ3) is 1.95. The number of ether oxygens (including phenoxy) is 1. The Morgan fingerprint density at radius 3 is 2.85 bits per heavy atom. The van der Waals surface area contributed by atoms with Crippen LogP contribution < -0.4 is 4.74 Å². The maximum atomic E-state index is 12.5. The van der Waals surface area contributed by atoms with E-state index in [0.717, 1.165) is 0 Å². The van der Waals surface area contributed by atoms with Crippen LogP contribution in [-0.4, -0.2) is 41.7 Å². The predicted octanol–water partition coefficient (Wildman–Crippen LogP) is 1.98. The van der Waals surface area contributed by atoms with Crippen LogP contribution in [0.2, 0.25) is 0 Å². The van der Waals surface area contributed by atoms with E-state index >= 15 is 0 Å². The molecule has 1 saturated carbocycles. The standard InChI is InChI=1S/C14H15F2NO3/c1-17-7-5-9(10(18)6-7)12-8(13(17)19)3-2-4-11(12)20-14(15)16/h2-4,7,9-10,14,18H,5-6H2,1H3. The molecule has 1 aliphatic heterocycles. The van der Waals surface area contributed by atoms with Crippen molar-refractivity contribution in [3.8, 4) is 5.75 Å². The molecule has 20 heavy (non-hydrogen) atoms. The molecular formula is C14H15F2NO3. The monoisotopic (exact) mass is 283 g/mol. The van der Waals surface area contributed by atoms with Crippen molar-refractivity contribution in [2.75, 3.05) is 7.05 Å². The largest absolute Gasteiger partial charge is 0.435 e. The van der Waals surface area contributed by atoms with E-state index in [0.29, 0.717) is 24.0 Å². The van der Waals surface area contributed by atoms with Crippen LogP contribution in [0.5, 0.6) is 5.75 Å². The average molecular weight is 283 g/mol. The molecule has 1 N–H and O–H groups in total. The van der Waals surface area contributed by atoms with Crippen molar-refractivity contribution in [1.82, 2.24) is 4.90 Å². The van der Waals surface area contributed by atoms with Gasteiger partial charge in [-0.1, -0.05) is 6.07 Å². The normalized spacial score (nSPS) is 28.6. The molecule has 2 bridgehead atoms. The molecule has 0 spiro atoms. The van der Waals surface area contributed by atoms with Crippen molar-refractivity contribution in [1.29, 1.82) is 0 Å². The second-order valence-corrected chi connectivity index (χ2v) is 5.31. The average Bonchev–Trinajstić information content (AvgIpc) is 2.73. The van der Waals surface area contributed by atoms with Gasteiger partial charge in [-0.15, -0.1) is 0 Å². The smallest absolute Gasteiger partial charge is 0.387 e. The minimum absolute atomic E-state index is 0.00847. The lowest BCUT2D eigenvalue weighted by Gasteiger charge is -2.25. The highest BCUT2D eigenvalue weighted by molar-refractivity contribution is 5.97. The SMILES string of the molecule is CN1C(=O)c2cccc(OC(F)F)c2C2CC1CC2O. The molecule has 1 aromatic carbocycles. The first kappa shape index (κ1) is 13.3. The summed E-state index contributed by atoms with van der Waals surface area (Å²) in [5.41, 5.74) is 0.758. The zero-order chi connectivity index (χ0) is 14.4. The van der Waals surface area contributed by atoms with E-state index in [-0.39, 0.29) is 23.6 Å². The molecule has 3 atom stereocenters. The van der Waals surface area contributed by atoms with Crippen molar-refractivity contribution in [2.24, 2.45) is 0 Å². The Hall–Kier alpha value is -1.69. The molecule has 0 radical (unpaired) electrons. The summed E-state index contributed by atoms with van der Waals surface area (Å²) in [6, 6.07) is 4.48. The molecule has 0 aromatic heterocycles. The van der Waals surface area contributed by atoms with Gasteiger partial charge in [-0.25, -0.2) is 0 Å². The lowest BCUT2D eigenvalue weighted by molar-refractivity contribution is -0.0510. The highest BCUT2D eigenvalue weighted by atomic mass is 19.3. The number of halogens is 2. The second kappa shape index (κ2) is 4.70. The summed E-state index contributed by atoms with van der Waals surface area (Å²) in [6.07, 6.45) is 0.395. The van der Waals surface area contributed by atoms with E-state index in [9.17, 15) is 18.7 Å². The lowest BCUT2D eigenvalue weighted by atomic mass is 9.90. The number of carbonyl (C=O) groups excluding carboxylic acids is 1. The Bertz CT molecular complexity index is 549. The molecule has 4 nitrogen and oxygen atoms in total. The molecule has 1 heterocycles. The highest BCUT2D eigenvalue weighted by Gasteiger charge is 2.44. The number of aliphatic hydroxyl groups excluding tert-OH is 1. The Labute approximate surface area is 114 Å². The third-order valence-electron chi connectivity index (χ3n) is 4.26. The Morgan fingerprint density at radius 1 is 1.40 bits per heavy atom. The Kier molecular flexibility index (Phi) is 3.12. The zero-order valence-electron chi connectivity index (χ0n) is 10.9. The fraction of sp³-hybridized carbons (Fsp3) is 0.500. The second-order valence-electron chi connectivity index (χ2n) is 5.31. The number of fused-ring (bicyclic) bond motifs is 4. The van der Waals surface area contributed by atoms with Gasteiger partial charge in [0, 0.05) is 30.1 Å². The minimum Gasteiger partial charge on any atom is -0.435 e. The number of rotatable bonds is 2. The van der Waals surface area contributed by atoms with Gasteiger partial charge in [-0.2, -0.15) is 8.78 Å². The van der Waals surface area contributed by atoms with Crippen molar-refractivity contribution in [3.63, 3.8) is 0 Å². The quantitative estimate of drug-likeness (QED) is 0.903. The summed E-state index contributed by atoms with van der Waals surface area (Å²) in [5.74, 6) is -0.552. The summed E-state index contributed by atoms with van der Waals surface area (Å²) in [4.78, 5) is 14.0. The summed E-state index contributed by atoms with van der Waals surface area (Å²) < 4.78 is 29.6. The van der Waals surface area contributed by atoms with E-state index in [4.69, 9.17) is 0 Å². The molecule has 3 rings (SSSR count). The van der Waals surface area contributed by atoms with Crippen molar-refractivity contribution in [2.45, 2.75) is 37.5 Å². The number of hydrogen-bond donors (Lipinski definition) is 1. The first-order valence-electron chi connectivity index (χ1n) is 6.52. The number of hydrogen-bond acceptors (Lipinski definition) is 3. The Balaban J connectivity index is 2.15. The van der Waals surface area contributed by atoms with Gasteiger partial charge in [0.25, 0.3) is 5.91 Å². The topological polar surface area (TPSA) is 49.8 Å². The molecule has 1 aliphatic carbocycles. The molecule has 1 fully saturated rings. The van der Waals surface area contributed by atoms with Crippen molar-refractivity contribution >= 4 is 5.91 Å². The minimum atomic E-state index is -2.95. The molecule has 2 aliphatic rings. The fourth-order valence-corrected chi connectivity index (χ4v) is 3.28. The summed E-state index contributed by atoms with van der Waals surface area (Å²) >= 11 is 0. The maximum absolute atomic E-state index is 12.5. The lowest BCUT2D eigenvalue weighted by Crippen LogP contribution is -2.36. The summed E-state index contributed by atoms with van der Waals surface area (Å²) in [6.45, 7) is -2.95. The van der Waals surface area contributed by atoms with Crippen LogP contribution in [0.25, 0.3) is 0 Å². The number of amides is 1. The van der Waals surface area contributed by atoms with Gasteiger partial charge in [0.2, 0.25) is 0 Å². The number of alkyl halides is 2. The number of carbonyl (C=O) groups is 1. The first-order valence-corrected chi connectivity index (χ1v) is 6.52. The van der Waals surface area contributed by atoms with Gasteiger partial charge >= 0.3 is 6.61 Å². The molecule has 1 amide bonds. The van der Waals surface area contributed by atoms with Crippen LogP contribution in [0, 0.1) is 0 Å². The summed E-state index contributed by atoms with van der Waals surface area (Å²) in [7, 11) is 1.68. The van der Waals surface area contributed by atoms with E-state index in [1.165, 1.54) is 12.1 Å². The van der Waals surface area contributed by atoms with E-state index in [1.807, 2.05) is 0 Å². The van der Waals surface area contributed by atoms with Gasteiger partial charge < -0.3 is 14.7 Å². The first-order chi connectivity index (χ1) is 9.49. The third-order valence-corrected chi connectivity index (χ3v) is 4.26. The highest BCUT2D eigenvalue weighted by Crippen LogP contribution is 2.45. The zero-order valence-corrected chi connectivity index (χ0v) is 10.9. The molecule has 108 valence electrons. The predicted molar refractivity (Wildman–Crippen MR) is 66.9 cm³/mol. The molecule has 3 unspecified atom stereocenters. The molecule has 6 heteroatoms. The van der Waals surface area contributed by atoms with Gasteiger partial charge in [0.1, 0.15) is 5.75 Å². The van der Waals surface area contributed by atoms with Crippen LogP contribution in [0.3, 0.4) is 0 Å². The van der Waals surface area contributed by atoms with Crippen LogP contribution >= 0.6 is 0 Å².